The molecule has 2 atom stereocenters. The molecule has 0 bridgehead atoms. The molecule has 0 radical (unpaired) electrons. The fraction of sp³-hybridized carbons (Fsp3) is 0.636. The van der Waals surface area contributed by atoms with E-state index in [1.807, 2.05) is 0 Å². The summed E-state index contributed by atoms with van der Waals surface area (Å²) in [6.45, 7) is 4.35. The lowest BCUT2D eigenvalue weighted by molar-refractivity contribution is -0.143. The van der Waals surface area contributed by atoms with Gasteiger partial charge in [-0.1, -0.05) is 6.58 Å². The van der Waals surface area contributed by atoms with Crippen LogP contribution in [-0.2, 0) is 9.59 Å². The summed E-state index contributed by atoms with van der Waals surface area (Å²) >= 11 is 0. The molecule has 0 saturated carbocycles. The van der Waals surface area contributed by atoms with Gasteiger partial charge < -0.3 is 21.1 Å². The number of carbonyl (C=O) groups is 2. The molecule has 2 aliphatic rings. The number of aliphatic hydroxyl groups excluding tert-OH is 1. The zero-order valence-electron chi connectivity index (χ0n) is 9.61. The molecule has 17 heavy (non-hydrogen) atoms. The summed E-state index contributed by atoms with van der Waals surface area (Å²) in [5, 5.41) is 11.9. The van der Waals surface area contributed by atoms with Crippen molar-refractivity contribution in [2.45, 2.75) is 30.8 Å². The lowest BCUT2D eigenvalue weighted by atomic mass is 9.93. The van der Waals surface area contributed by atoms with E-state index in [1.54, 1.807) is 0 Å². The number of nitrogens with two attached hydrogens (primary N) is 1. The van der Waals surface area contributed by atoms with E-state index in [1.165, 1.54) is 4.90 Å². The van der Waals surface area contributed by atoms with Gasteiger partial charge in [0.25, 0.3) is 0 Å². The van der Waals surface area contributed by atoms with E-state index in [0.717, 1.165) is 6.42 Å². The van der Waals surface area contributed by atoms with Crippen molar-refractivity contribution in [3.8, 4) is 0 Å². The zero-order valence-corrected chi connectivity index (χ0v) is 9.61. The first kappa shape index (κ1) is 11.9. The van der Waals surface area contributed by atoms with Gasteiger partial charge in [0.15, 0.2) is 0 Å². The Morgan fingerprint density at radius 2 is 2.29 bits per heavy atom. The second kappa shape index (κ2) is 4.03. The highest BCUT2D eigenvalue weighted by atomic mass is 16.3. The Bertz CT molecular complexity index is 378. The summed E-state index contributed by atoms with van der Waals surface area (Å²) in [6, 6.07) is -1.14. The minimum Gasteiger partial charge on any atom is -0.511 e. The van der Waals surface area contributed by atoms with Gasteiger partial charge in [-0.2, -0.15) is 0 Å². The molecular formula is C11H17N3O3. The van der Waals surface area contributed by atoms with Crippen molar-refractivity contribution in [3.63, 3.8) is 0 Å². The largest absolute Gasteiger partial charge is 0.511 e. The molecule has 6 heteroatoms. The number of hydrogen-bond acceptors (Lipinski definition) is 4. The van der Waals surface area contributed by atoms with Gasteiger partial charge in [0.05, 0.1) is 0 Å². The molecule has 2 heterocycles. The molecule has 6 nitrogen and oxygen atoms in total. The third kappa shape index (κ3) is 1.68. The Morgan fingerprint density at radius 3 is 2.82 bits per heavy atom. The molecule has 1 spiro atoms. The van der Waals surface area contributed by atoms with Crippen molar-refractivity contribution in [3.05, 3.63) is 12.3 Å². The Labute approximate surface area is 99.5 Å². The van der Waals surface area contributed by atoms with Gasteiger partial charge in [0.1, 0.15) is 17.3 Å². The second-order valence-electron chi connectivity index (χ2n) is 4.60. The highest BCUT2D eigenvalue weighted by Gasteiger charge is 2.52. The minimum absolute atomic E-state index is 0.112. The Hall–Kier alpha value is -1.56. The number of nitrogens with zero attached hydrogens (tertiary/aromatic N) is 1. The van der Waals surface area contributed by atoms with E-state index >= 15 is 0 Å². The van der Waals surface area contributed by atoms with Crippen LogP contribution >= 0.6 is 0 Å². The molecule has 2 saturated heterocycles. The van der Waals surface area contributed by atoms with E-state index < -0.39 is 17.5 Å². The molecule has 0 aromatic rings. The van der Waals surface area contributed by atoms with Crippen LogP contribution in [-0.4, -0.2) is 46.5 Å². The van der Waals surface area contributed by atoms with Gasteiger partial charge in [-0.25, -0.2) is 0 Å². The molecule has 94 valence electrons. The maximum atomic E-state index is 12.1. The van der Waals surface area contributed by atoms with Crippen LogP contribution in [0.15, 0.2) is 12.3 Å². The molecular weight excluding hydrogens is 222 g/mol. The molecule has 2 fully saturated rings. The van der Waals surface area contributed by atoms with Crippen LogP contribution in [0.1, 0.15) is 19.3 Å². The van der Waals surface area contributed by atoms with Crippen LogP contribution < -0.4 is 11.1 Å². The van der Waals surface area contributed by atoms with E-state index in [4.69, 9.17) is 5.73 Å². The lowest BCUT2D eigenvalue weighted by Crippen LogP contribution is -2.56. The van der Waals surface area contributed by atoms with Crippen LogP contribution in [0.25, 0.3) is 0 Å². The topological polar surface area (TPSA) is 95.7 Å². The molecule has 2 amide bonds. The highest BCUT2D eigenvalue weighted by molar-refractivity contribution is 5.95. The summed E-state index contributed by atoms with van der Waals surface area (Å²) in [4.78, 5) is 25.5. The smallest absolute Gasteiger partial charge is 0.248 e. The molecule has 4 N–H and O–H groups in total. The van der Waals surface area contributed by atoms with Crippen LogP contribution in [0, 0.1) is 0 Å². The average molecular weight is 239 g/mol. The number of amides is 2. The average Bonchev–Trinajstić information content (AvgIpc) is 2.86. The van der Waals surface area contributed by atoms with Crippen molar-refractivity contribution in [1.82, 2.24) is 10.2 Å². The van der Waals surface area contributed by atoms with Crippen LogP contribution in [0.2, 0.25) is 0 Å². The van der Waals surface area contributed by atoms with Crippen LogP contribution in [0.5, 0.6) is 0 Å². The number of nitrogens with one attached hydrogen (secondary N) is 1. The van der Waals surface area contributed by atoms with Gasteiger partial charge in [0, 0.05) is 13.1 Å². The monoisotopic (exact) mass is 239 g/mol. The quantitative estimate of drug-likeness (QED) is 0.553. The van der Waals surface area contributed by atoms with Crippen molar-refractivity contribution in [1.29, 1.82) is 0 Å². The van der Waals surface area contributed by atoms with Gasteiger partial charge in [-0.05, 0) is 19.3 Å². The van der Waals surface area contributed by atoms with E-state index in [0.29, 0.717) is 25.9 Å². The lowest BCUT2D eigenvalue weighted by Gasteiger charge is -2.33. The minimum atomic E-state index is -1.14. The van der Waals surface area contributed by atoms with Crippen LogP contribution in [0.4, 0.5) is 0 Å². The molecule has 1 unspecified atom stereocenters. The first-order valence-electron chi connectivity index (χ1n) is 5.72. The summed E-state index contributed by atoms with van der Waals surface area (Å²) in [6.07, 6.45) is 2.06. The van der Waals surface area contributed by atoms with E-state index in [9.17, 15) is 14.7 Å². The molecule has 0 aliphatic carbocycles. The number of rotatable bonds is 2. The third-order valence-electron chi connectivity index (χ3n) is 3.63. The maximum Gasteiger partial charge on any atom is 0.248 e. The Balaban J connectivity index is 2.23. The standard InChI is InChI=1S/C11H17N3O3/c1-7(15)8(12)9(16)14-6-2-3-11(14)4-5-13-10(11)17/h8,15H,1-6,12H2,(H,13,17)/t8-,11?/m0/s1. The summed E-state index contributed by atoms with van der Waals surface area (Å²) in [7, 11) is 0. The molecule has 2 aliphatic heterocycles. The van der Waals surface area contributed by atoms with Crippen molar-refractivity contribution < 1.29 is 14.7 Å². The third-order valence-corrected chi connectivity index (χ3v) is 3.63. The Morgan fingerprint density at radius 1 is 1.59 bits per heavy atom. The van der Waals surface area contributed by atoms with Gasteiger partial charge in [0.2, 0.25) is 11.8 Å². The number of carbonyl (C=O) groups excluding carboxylic acids is 2. The number of likely N-dealkylation sites (tertiary alicyclic amines) is 1. The summed E-state index contributed by atoms with van der Waals surface area (Å²) in [5.41, 5.74) is 4.82. The second-order valence-corrected chi connectivity index (χ2v) is 4.60. The van der Waals surface area contributed by atoms with Gasteiger partial charge >= 0.3 is 0 Å². The first-order chi connectivity index (χ1) is 7.99. The SMILES string of the molecule is C=C(O)[C@H](N)C(=O)N1CCCC12CCNC2=O. The fourth-order valence-electron chi connectivity index (χ4n) is 2.67. The maximum absolute atomic E-state index is 12.1. The predicted molar refractivity (Wildman–Crippen MR) is 61.0 cm³/mol. The summed E-state index contributed by atoms with van der Waals surface area (Å²) < 4.78 is 0. The van der Waals surface area contributed by atoms with Crippen molar-refractivity contribution in [2.75, 3.05) is 13.1 Å². The first-order valence-corrected chi connectivity index (χ1v) is 5.72. The highest BCUT2D eigenvalue weighted by Crippen LogP contribution is 2.35. The molecule has 0 aromatic heterocycles. The van der Waals surface area contributed by atoms with E-state index in [2.05, 4.69) is 11.9 Å². The van der Waals surface area contributed by atoms with Crippen LogP contribution in [0.3, 0.4) is 0 Å². The number of aliphatic hydroxyl groups is 1. The zero-order chi connectivity index (χ0) is 12.6. The number of hydrogen-bond donors (Lipinski definition) is 3. The molecule has 2 rings (SSSR count). The van der Waals surface area contributed by atoms with Crippen molar-refractivity contribution in [2.24, 2.45) is 5.73 Å². The Kier molecular flexibility index (Phi) is 2.82. The molecule has 0 aromatic carbocycles. The summed E-state index contributed by atoms with van der Waals surface area (Å²) in [5.74, 6) is -0.901. The normalized spacial score (nSPS) is 29.5. The van der Waals surface area contributed by atoms with Gasteiger partial charge in [-0.3, -0.25) is 9.59 Å². The fourth-order valence-corrected chi connectivity index (χ4v) is 2.67. The predicted octanol–water partition coefficient (Wildman–Crippen LogP) is -0.733. The van der Waals surface area contributed by atoms with Gasteiger partial charge in [-0.15, -0.1) is 0 Å². The van der Waals surface area contributed by atoms with E-state index in [-0.39, 0.29) is 11.7 Å². The van der Waals surface area contributed by atoms with Crippen molar-refractivity contribution >= 4 is 11.8 Å².